The van der Waals surface area contributed by atoms with E-state index in [1.165, 1.54) is 0 Å². The maximum atomic E-state index is 12.3. The Hall–Kier alpha value is -2.04. The molecule has 0 aromatic heterocycles. The number of hydrogen-bond donors (Lipinski definition) is 2. The molecule has 0 unspecified atom stereocenters. The Morgan fingerprint density at radius 2 is 1.68 bits per heavy atom. The molecule has 0 aliphatic carbocycles. The number of anilines is 2. The van der Waals surface area contributed by atoms with Gasteiger partial charge < -0.3 is 15.5 Å². The molecule has 0 aliphatic heterocycles. The van der Waals surface area contributed by atoms with E-state index in [-0.39, 0.29) is 11.8 Å². The smallest absolute Gasteiger partial charge is 0.239 e. The SMILES string of the molecule is CCCCNC(=O)C(C)(C)C(=O)Nc1ccc(N(C)C)cc1. The van der Waals surface area contributed by atoms with Gasteiger partial charge in [-0.2, -0.15) is 0 Å². The summed E-state index contributed by atoms with van der Waals surface area (Å²) in [5, 5.41) is 5.61. The van der Waals surface area contributed by atoms with E-state index in [4.69, 9.17) is 0 Å². The van der Waals surface area contributed by atoms with Gasteiger partial charge in [0.15, 0.2) is 0 Å². The molecule has 122 valence electrons. The van der Waals surface area contributed by atoms with Gasteiger partial charge in [-0.1, -0.05) is 13.3 Å². The third-order valence-electron chi connectivity index (χ3n) is 3.59. The van der Waals surface area contributed by atoms with Gasteiger partial charge in [-0.15, -0.1) is 0 Å². The lowest BCUT2D eigenvalue weighted by atomic mass is 9.91. The van der Waals surface area contributed by atoms with E-state index in [2.05, 4.69) is 17.6 Å². The normalized spacial score (nSPS) is 11.0. The van der Waals surface area contributed by atoms with Crippen LogP contribution in [0.5, 0.6) is 0 Å². The minimum atomic E-state index is -1.10. The Labute approximate surface area is 133 Å². The molecule has 0 spiro atoms. The summed E-state index contributed by atoms with van der Waals surface area (Å²) in [4.78, 5) is 26.5. The van der Waals surface area contributed by atoms with Crippen molar-refractivity contribution in [2.24, 2.45) is 5.41 Å². The zero-order valence-corrected chi connectivity index (χ0v) is 14.2. The predicted molar refractivity (Wildman–Crippen MR) is 91.1 cm³/mol. The second-order valence-corrected chi connectivity index (χ2v) is 6.13. The lowest BCUT2D eigenvalue weighted by molar-refractivity contribution is -0.138. The number of nitrogens with zero attached hydrogens (tertiary/aromatic N) is 1. The largest absolute Gasteiger partial charge is 0.378 e. The molecule has 0 atom stereocenters. The molecule has 0 bridgehead atoms. The molecule has 1 rings (SSSR count). The highest BCUT2D eigenvalue weighted by Gasteiger charge is 2.35. The van der Waals surface area contributed by atoms with Gasteiger partial charge in [-0.25, -0.2) is 0 Å². The number of carbonyl (C=O) groups excluding carboxylic acids is 2. The molecule has 2 N–H and O–H groups in total. The first-order chi connectivity index (χ1) is 10.3. The van der Waals surface area contributed by atoms with E-state index in [9.17, 15) is 9.59 Å². The molecule has 0 saturated heterocycles. The van der Waals surface area contributed by atoms with E-state index < -0.39 is 5.41 Å². The minimum Gasteiger partial charge on any atom is -0.378 e. The van der Waals surface area contributed by atoms with E-state index >= 15 is 0 Å². The highest BCUT2D eigenvalue weighted by Crippen LogP contribution is 2.21. The first-order valence-electron chi connectivity index (χ1n) is 7.66. The van der Waals surface area contributed by atoms with Gasteiger partial charge >= 0.3 is 0 Å². The first kappa shape index (κ1) is 18.0. The molecule has 0 fully saturated rings. The maximum Gasteiger partial charge on any atom is 0.239 e. The molecule has 2 amide bonds. The van der Waals surface area contributed by atoms with Gasteiger partial charge in [0, 0.05) is 32.0 Å². The van der Waals surface area contributed by atoms with Crippen LogP contribution in [0.2, 0.25) is 0 Å². The number of rotatable bonds is 7. The number of carbonyl (C=O) groups is 2. The van der Waals surface area contributed by atoms with Crippen LogP contribution in [0.1, 0.15) is 33.6 Å². The van der Waals surface area contributed by atoms with Crippen molar-refractivity contribution in [3.8, 4) is 0 Å². The van der Waals surface area contributed by atoms with Gasteiger partial charge in [0.25, 0.3) is 0 Å². The standard InChI is InChI=1S/C17H27N3O2/c1-6-7-12-18-15(21)17(2,3)16(22)19-13-8-10-14(11-9-13)20(4)5/h8-11H,6-7,12H2,1-5H3,(H,18,21)(H,19,22). The predicted octanol–water partition coefficient (Wildman–Crippen LogP) is 2.63. The van der Waals surface area contributed by atoms with Gasteiger partial charge in [0.05, 0.1) is 0 Å². The van der Waals surface area contributed by atoms with Crippen LogP contribution < -0.4 is 15.5 Å². The molecule has 0 radical (unpaired) electrons. The maximum absolute atomic E-state index is 12.3. The summed E-state index contributed by atoms with van der Waals surface area (Å²) < 4.78 is 0. The summed E-state index contributed by atoms with van der Waals surface area (Å²) in [5.41, 5.74) is 0.633. The molecule has 0 heterocycles. The molecule has 5 nitrogen and oxygen atoms in total. The van der Waals surface area contributed by atoms with Crippen LogP contribution in [-0.2, 0) is 9.59 Å². The van der Waals surface area contributed by atoms with Gasteiger partial charge in [-0.05, 0) is 44.5 Å². The third-order valence-corrected chi connectivity index (χ3v) is 3.59. The average molecular weight is 305 g/mol. The summed E-state index contributed by atoms with van der Waals surface area (Å²) in [6, 6.07) is 7.50. The number of amides is 2. The molecule has 0 aliphatic rings. The zero-order chi connectivity index (χ0) is 16.8. The topological polar surface area (TPSA) is 61.4 Å². The highest BCUT2D eigenvalue weighted by molar-refractivity contribution is 6.09. The van der Waals surface area contributed by atoms with E-state index in [1.54, 1.807) is 13.8 Å². The molecule has 1 aromatic carbocycles. The van der Waals surface area contributed by atoms with Crippen LogP contribution in [0, 0.1) is 5.41 Å². The summed E-state index contributed by atoms with van der Waals surface area (Å²) in [7, 11) is 3.91. The fraction of sp³-hybridized carbons (Fsp3) is 0.529. The summed E-state index contributed by atoms with van der Waals surface area (Å²) >= 11 is 0. The Balaban J connectivity index is 2.67. The number of unbranched alkanes of at least 4 members (excludes halogenated alkanes) is 1. The van der Waals surface area contributed by atoms with E-state index in [1.807, 2.05) is 43.3 Å². The first-order valence-corrected chi connectivity index (χ1v) is 7.66. The zero-order valence-electron chi connectivity index (χ0n) is 14.2. The average Bonchev–Trinajstić information content (AvgIpc) is 2.47. The molecule has 22 heavy (non-hydrogen) atoms. The van der Waals surface area contributed by atoms with Gasteiger partial charge in [0.2, 0.25) is 11.8 Å². The molecular formula is C17H27N3O2. The summed E-state index contributed by atoms with van der Waals surface area (Å²) in [5.74, 6) is -0.553. The quantitative estimate of drug-likeness (QED) is 0.601. The lowest BCUT2D eigenvalue weighted by Gasteiger charge is -2.23. The van der Waals surface area contributed by atoms with Crippen molar-refractivity contribution in [2.75, 3.05) is 30.9 Å². The third kappa shape index (κ3) is 4.76. The van der Waals surface area contributed by atoms with Crippen molar-refractivity contribution in [3.63, 3.8) is 0 Å². The Kier molecular flexibility index (Phi) is 6.40. The summed E-state index contributed by atoms with van der Waals surface area (Å²) in [6.07, 6.45) is 1.92. The Bertz CT molecular complexity index is 507. The van der Waals surface area contributed by atoms with Gasteiger partial charge in [-0.3, -0.25) is 9.59 Å². The lowest BCUT2D eigenvalue weighted by Crippen LogP contribution is -2.45. The van der Waals surface area contributed by atoms with Crippen molar-refractivity contribution >= 4 is 23.2 Å². The molecule has 1 aromatic rings. The number of hydrogen-bond acceptors (Lipinski definition) is 3. The van der Waals surface area contributed by atoms with Crippen LogP contribution in [0.3, 0.4) is 0 Å². The van der Waals surface area contributed by atoms with Crippen LogP contribution >= 0.6 is 0 Å². The van der Waals surface area contributed by atoms with Crippen LogP contribution in [0.15, 0.2) is 24.3 Å². The van der Waals surface area contributed by atoms with Crippen LogP contribution in [0.4, 0.5) is 11.4 Å². The number of nitrogens with one attached hydrogen (secondary N) is 2. The van der Waals surface area contributed by atoms with Crippen molar-refractivity contribution < 1.29 is 9.59 Å². The second-order valence-electron chi connectivity index (χ2n) is 6.13. The monoisotopic (exact) mass is 305 g/mol. The van der Waals surface area contributed by atoms with Crippen LogP contribution in [-0.4, -0.2) is 32.5 Å². The fourth-order valence-corrected chi connectivity index (χ4v) is 1.83. The van der Waals surface area contributed by atoms with Crippen LogP contribution in [0.25, 0.3) is 0 Å². The minimum absolute atomic E-state index is 0.247. The highest BCUT2D eigenvalue weighted by atomic mass is 16.2. The number of benzene rings is 1. The van der Waals surface area contributed by atoms with Crippen molar-refractivity contribution in [1.82, 2.24) is 5.32 Å². The second kappa shape index (κ2) is 7.82. The Morgan fingerprint density at radius 3 is 2.18 bits per heavy atom. The van der Waals surface area contributed by atoms with Crippen molar-refractivity contribution in [3.05, 3.63) is 24.3 Å². The van der Waals surface area contributed by atoms with Crippen molar-refractivity contribution in [2.45, 2.75) is 33.6 Å². The summed E-state index contributed by atoms with van der Waals surface area (Å²) in [6.45, 7) is 5.93. The Morgan fingerprint density at radius 1 is 1.09 bits per heavy atom. The molecule has 0 saturated carbocycles. The fourth-order valence-electron chi connectivity index (χ4n) is 1.83. The van der Waals surface area contributed by atoms with E-state index in [0.717, 1.165) is 18.5 Å². The van der Waals surface area contributed by atoms with E-state index in [0.29, 0.717) is 12.2 Å². The molecular weight excluding hydrogens is 278 g/mol. The molecule has 5 heteroatoms. The van der Waals surface area contributed by atoms with Gasteiger partial charge in [0.1, 0.15) is 5.41 Å². The van der Waals surface area contributed by atoms with Crippen molar-refractivity contribution in [1.29, 1.82) is 0 Å².